The van der Waals surface area contributed by atoms with Crippen LogP contribution in [0.4, 0.5) is 26.3 Å². The van der Waals surface area contributed by atoms with Crippen molar-refractivity contribution in [2.45, 2.75) is 18.3 Å². The summed E-state index contributed by atoms with van der Waals surface area (Å²) in [4.78, 5) is 3.18. The van der Waals surface area contributed by atoms with Gasteiger partial charge >= 0.3 is 12.4 Å². The quantitative estimate of drug-likeness (QED) is 0.828. The maximum absolute atomic E-state index is 12.5. The highest BCUT2D eigenvalue weighted by Gasteiger charge is 2.44. The first kappa shape index (κ1) is 13.8. The summed E-state index contributed by atoms with van der Waals surface area (Å²) < 4.78 is 75.0. The standard InChI is InChI=1S/C9H8F6N2/c10-8(11,12)6(3-16)5-1-2-17-4-7(5)9(13,14)15/h1-2,4,6H,3,16H2. The number of nitrogens with zero attached hydrogens (tertiary/aromatic N) is 1. The van der Waals surface area contributed by atoms with Crippen LogP contribution in [0.3, 0.4) is 0 Å². The maximum Gasteiger partial charge on any atom is 0.418 e. The molecule has 1 heterocycles. The lowest BCUT2D eigenvalue weighted by Crippen LogP contribution is -2.30. The first-order valence-electron chi connectivity index (χ1n) is 4.45. The van der Waals surface area contributed by atoms with Crippen LogP contribution < -0.4 is 5.73 Å². The van der Waals surface area contributed by atoms with Gasteiger partial charge in [0.1, 0.15) is 0 Å². The van der Waals surface area contributed by atoms with Crippen molar-refractivity contribution in [2.75, 3.05) is 6.54 Å². The predicted molar refractivity (Wildman–Crippen MR) is 47.1 cm³/mol. The minimum absolute atomic E-state index is 0.365. The summed E-state index contributed by atoms with van der Waals surface area (Å²) in [5, 5.41) is 0. The lowest BCUT2D eigenvalue weighted by molar-refractivity contribution is -0.154. The number of pyridine rings is 1. The third-order valence-corrected chi connectivity index (χ3v) is 2.17. The van der Waals surface area contributed by atoms with E-state index in [4.69, 9.17) is 5.73 Å². The van der Waals surface area contributed by atoms with Crippen molar-refractivity contribution >= 4 is 0 Å². The number of hydrogen-bond donors (Lipinski definition) is 1. The summed E-state index contributed by atoms with van der Waals surface area (Å²) in [5.41, 5.74) is 2.59. The SMILES string of the molecule is NCC(c1ccncc1C(F)(F)F)C(F)(F)F. The summed E-state index contributed by atoms with van der Waals surface area (Å²) >= 11 is 0. The molecule has 0 amide bonds. The van der Waals surface area contributed by atoms with Crippen molar-refractivity contribution in [1.82, 2.24) is 4.98 Å². The van der Waals surface area contributed by atoms with Crippen LogP contribution in [-0.4, -0.2) is 17.7 Å². The van der Waals surface area contributed by atoms with Crippen molar-refractivity contribution < 1.29 is 26.3 Å². The van der Waals surface area contributed by atoms with E-state index < -0.39 is 35.9 Å². The molecular formula is C9H8F6N2. The molecule has 0 saturated carbocycles. The zero-order valence-corrected chi connectivity index (χ0v) is 8.31. The molecule has 1 aromatic rings. The monoisotopic (exact) mass is 258 g/mol. The molecule has 0 saturated heterocycles. The van der Waals surface area contributed by atoms with E-state index in [1.54, 1.807) is 0 Å². The summed E-state index contributed by atoms with van der Waals surface area (Å²) in [6, 6.07) is 0.688. The predicted octanol–water partition coefficient (Wildman–Crippen LogP) is 2.71. The van der Waals surface area contributed by atoms with Gasteiger partial charge in [-0.15, -0.1) is 0 Å². The van der Waals surface area contributed by atoms with Gasteiger partial charge in [0.05, 0.1) is 11.5 Å². The molecule has 2 N–H and O–H groups in total. The molecule has 0 aliphatic rings. The van der Waals surface area contributed by atoms with Crippen LogP contribution in [0.1, 0.15) is 17.0 Å². The molecule has 8 heteroatoms. The highest BCUT2D eigenvalue weighted by molar-refractivity contribution is 5.31. The van der Waals surface area contributed by atoms with E-state index in [0.717, 1.165) is 6.20 Å². The molecule has 2 nitrogen and oxygen atoms in total. The van der Waals surface area contributed by atoms with Crippen LogP contribution in [-0.2, 0) is 6.18 Å². The smallest absolute Gasteiger partial charge is 0.330 e. The third kappa shape index (κ3) is 3.09. The molecule has 0 spiro atoms. The Hall–Kier alpha value is -1.31. The average molecular weight is 258 g/mol. The van der Waals surface area contributed by atoms with Gasteiger partial charge in [-0.1, -0.05) is 0 Å². The molecule has 0 aliphatic heterocycles. The van der Waals surface area contributed by atoms with Crippen LogP contribution in [0.25, 0.3) is 0 Å². The molecular weight excluding hydrogens is 250 g/mol. The minimum Gasteiger partial charge on any atom is -0.330 e. The summed E-state index contributed by atoms with van der Waals surface area (Å²) in [7, 11) is 0. The molecule has 17 heavy (non-hydrogen) atoms. The fourth-order valence-corrected chi connectivity index (χ4v) is 1.38. The van der Waals surface area contributed by atoms with Crippen LogP contribution in [0.2, 0.25) is 0 Å². The minimum atomic E-state index is -4.89. The lowest BCUT2D eigenvalue weighted by atomic mass is 9.95. The van der Waals surface area contributed by atoms with E-state index in [1.165, 1.54) is 0 Å². The van der Waals surface area contributed by atoms with Gasteiger partial charge in [-0.3, -0.25) is 4.98 Å². The van der Waals surface area contributed by atoms with E-state index >= 15 is 0 Å². The fraction of sp³-hybridized carbons (Fsp3) is 0.444. The number of alkyl halides is 6. The Morgan fingerprint density at radius 2 is 1.76 bits per heavy atom. The summed E-state index contributed by atoms with van der Waals surface area (Å²) in [5.74, 6) is -2.35. The van der Waals surface area contributed by atoms with Crippen molar-refractivity contribution in [3.05, 3.63) is 29.6 Å². The number of hydrogen-bond acceptors (Lipinski definition) is 2. The molecule has 0 radical (unpaired) electrons. The number of halogens is 6. The fourth-order valence-electron chi connectivity index (χ4n) is 1.38. The second-order valence-corrected chi connectivity index (χ2v) is 3.29. The zero-order valence-electron chi connectivity index (χ0n) is 8.31. The zero-order chi connectivity index (χ0) is 13.3. The van der Waals surface area contributed by atoms with E-state index in [1.807, 2.05) is 0 Å². The Balaban J connectivity index is 3.30. The normalized spacial score (nSPS) is 14.8. The second-order valence-electron chi connectivity index (χ2n) is 3.29. The summed E-state index contributed by atoms with van der Waals surface area (Å²) in [6.07, 6.45) is -8.47. The van der Waals surface area contributed by atoms with E-state index in [0.29, 0.717) is 12.3 Å². The van der Waals surface area contributed by atoms with Gasteiger partial charge < -0.3 is 5.73 Å². The Morgan fingerprint density at radius 1 is 1.18 bits per heavy atom. The number of aromatic nitrogens is 1. The Labute approximate surface area is 92.4 Å². The molecule has 0 bridgehead atoms. The van der Waals surface area contributed by atoms with Crippen molar-refractivity contribution in [3.8, 4) is 0 Å². The van der Waals surface area contributed by atoms with Crippen LogP contribution in [0, 0.1) is 0 Å². The summed E-state index contributed by atoms with van der Waals surface area (Å²) in [6.45, 7) is -0.948. The average Bonchev–Trinajstić information content (AvgIpc) is 2.15. The van der Waals surface area contributed by atoms with Gasteiger partial charge in [-0.25, -0.2) is 0 Å². The van der Waals surface area contributed by atoms with E-state index in [9.17, 15) is 26.3 Å². The molecule has 96 valence electrons. The molecule has 1 unspecified atom stereocenters. The lowest BCUT2D eigenvalue weighted by Gasteiger charge is -2.22. The van der Waals surface area contributed by atoms with Gasteiger partial charge in [0, 0.05) is 18.9 Å². The van der Waals surface area contributed by atoms with Gasteiger partial charge in [0.15, 0.2) is 0 Å². The maximum atomic E-state index is 12.5. The van der Waals surface area contributed by atoms with Gasteiger partial charge in [0.2, 0.25) is 0 Å². The van der Waals surface area contributed by atoms with Crippen LogP contribution in [0.15, 0.2) is 18.5 Å². The van der Waals surface area contributed by atoms with Gasteiger partial charge in [0.25, 0.3) is 0 Å². The third-order valence-electron chi connectivity index (χ3n) is 2.17. The number of rotatable bonds is 2. The molecule has 1 aromatic heterocycles. The first-order valence-corrected chi connectivity index (χ1v) is 4.45. The van der Waals surface area contributed by atoms with Crippen molar-refractivity contribution in [2.24, 2.45) is 5.73 Å². The Bertz CT molecular complexity index is 384. The topological polar surface area (TPSA) is 38.9 Å². The van der Waals surface area contributed by atoms with E-state index in [2.05, 4.69) is 4.98 Å². The molecule has 1 atom stereocenters. The molecule has 0 aliphatic carbocycles. The second kappa shape index (κ2) is 4.52. The van der Waals surface area contributed by atoms with Crippen LogP contribution in [0.5, 0.6) is 0 Å². The Kier molecular flexibility index (Phi) is 3.65. The molecule has 0 aromatic carbocycles. The van der Waals surface area contributed by atoms with Crippen LogP contribution >= 0.6 is 0 Å². The van der Waals surface area contributed by atoms with Gasteiger partial charge in [-0.05, 0) is 11.6 Å². The van der Waals surface area contributed by atoms with Crippen molar-refractivity contribution in [3.63, 3.8) is 0 Å². The highest BCUT2D eigenvalue weighted by atomic mass is 19.4. The van der Waals surface area contributed by atoms with E-state index in [-0.39, 0.29) is 0 Å². The first-order chi connectivity index (χ1) is 7.68. The molecule has 0 fully saturated rings. The number of nitrogens with two attached hydrogens (primary N) is 1. The highest BCUT2D eigenvalue weighted by Crippen LogP contribution is 2.40. The van der Waals surface area contributed by atoms with Crippen molar-refractivity contribution in [1.29, 1.82) is 0 Å². The largest absolute Gasteiger partial charge is 0.418 e. The van der Waals surface area contributed by atoms with Gasteiger partial charge in [-0.2, -0.15) is 26.3 Å². The Morgan fingerprint density at radius 3 is 2.18 bits per heavy atom. The molecule has 1 rings (SSSR count).